The molecule has 0 atom stereocenters. The van der Waals surface area contributed by atoms with Crippen molar-refractivity contribution in [3.63, 3.8) is 0 Å². The van der Waals surface area contributed by atoms with Crippen LogP contribution in [0.25, 0.3) is 65.7 Å². The lowest BCUT2D eigenvalue weighted by molar-refractivity contribution is 0.642. The van der Waals surface area contributed by atoms with E-state index in [1.54, 1.807) is 0 Å². The first kappa shape index (κ1) is 51.4. The Balaban J connectivity index is 0.988. The number of anilines is 6. The highest BCUT2D eigenvalue weighted by Crippen LogP contribution is 2.58. The summed E-state index contributed by atoms with van der Waals surface area (Å²) in [6, 6.07) is 108. The molecule has 2 heteroatoms. The van der Waals surface area contributed by atoms with Gasteiger partial charge in [0.2, 0.25) is 0 Å². The van der Waals surface area contributed by atoms with E-state index in [0.29, 0.717) is 0 Å². The molecule has 0 N–H and O–H groups in total. The zero-order chi connectivity index (χ0) is 56.5. The summed E-state index contributed by atoms with van der Waals surface area (Å²) < 4.78 is 0. The maximum absolute atomic E-state index is 2.53. The van der Waals surface area contributed by atoms with Crippen molar-refractivity contribution in [3.05, 3.63) is 325 Å². The van der Waals surface area contributed by atoms with Gasteiger partial charge in [-0.05, 0) is 154 Å². The van der Waals surface area contributed by atoms with E-state index >= 15 is 0 Å². The Hall–Kier alpha value is -9.76. The van der Waals surface area contributed by atoms with Crippen LogP contribution in [0, 0.1) is 0 Å². The number of hydrogen-bond acceptors (Lipinski definition) is 2. The summed E-state index contributed by atoms with van der Waals surface area (Å²) in [4.78, 5) is 5.01. The van der Waals surface area contributed by atoms with Crippen molar-refractivity contribution in [2.24, 2.45) is 0 Å². The molecule has 0 bridgehead atoms. The number of nitrogens with zero attached hydrogens (tertiary/aromatic N) is 2. The van der Waals surface area contributed by atoms with Gasteiger partial charge in [0, 0.05) is 50.2 Å². The molecule has 0 radical (unpaired) electrons. The van der Waals surface area contributed by atoms with Crippen LogP contribution in [0.5, 0.6) is 0 Å². The molecule has 0 fully saturated rings. The molecule has 0 unspecified atom stereocenters. The highest BCUT2D eigenvalue weighted by molar-refractivity contribution is 6.08. The first-order valence-electron chi connectivity index (χ1n) is 29.2. The van der Waals surface area contributed by atoms with Gasteiger partial charge in [-0.3, -0.25) is 0 Å². The number of fused-ring (bicyclic) bond motifs is 7. The second-order valence-corrected chi connectivity index (χ2v) is 24.2. The molecule has 1 aliphatic rings. The summed E-state index contributed by atoms with van der Waals surface area (Å²) in [6.07, 6.45) is 0. The molecular formula is C81H66N2. The van der Waals surface area contributed by atoms with E-state index in [9.17, 15) is 0 Å². The maximum Gasteiger partial charge on any atom is 0.0564 e. The fraction of sp³-hybridized carbons (Fsp3) is 0.111. The fourth-order valence-electron chi connectivity index (χ4n) is 13.2. The van der Waals surface area contributed by atoms with Gasteiger partial charge in [-0.25, -0.2) is 0 Å². The van der Waals surface area contributed by atoms with Crippen LogP contribution >= 0.6 is 0 Å². The molecule has 0 aromatic heterocycles. The second-order valence-electron chi connectivity index (χ2n) is 24.2. The Morgan fingerprint density at radius 2 is 0.639 bits per heavy atom. The van der Waals surface area contributed by atoms with Crippen LogP contribution in [-0.4, -0.2) is 0 Å². The molecular weight excluding hydrogens is 1000 g/mol. The lowest BCUT2D eigenvalue weighted by atomic mass is 9.77. The van der Waals surface area contributed by atoms with E-state index in [2.05, 4.69) is 343 Å². The molecule has 13 aromatic carbocycles. The van der Waals surface area contributed by atoms with E-state index in [0.717, 1.165) is 34.1 Å². The first-order valence-corrected chi connectivity index (χ1v) is 29.2. The highest BCUT2D eigenvalue weighted by Gasteiger charge is 2.41. The van der Waals surface area contributed by atoms with E-state index in [1.165, 1.54) is 99.1 Å². The summed E-state index contributed by atoms with van der Waals surface area (Å²) in [7, 11) is 0. The third-order valence-corrected chi connectivity index (χ3v) is 18.2. The molecule has 0 amide bonds. The smallest absolute Gasteiger partial charge is 0.0564 e. The van der Waals surface area contributed by atoms with Crippen molar-refractivity contribution >= 4 is 66.4 Å². The Morgan fingerprint density at radius 1 is 0.265 bits per heavy atom. The van der Waals surface area contributed by atoms with E-state index in [1.807, 2.05) is 0 Å². The van der Waals surface area contributed by atoms with Crippen molar-refractivity contribution in [3.8, 4) is 33.4 Å². The van der Waals surface area contributed by atoms with Gasteiger partial charge in [0.1, 0.15) is 0 Å². The topological polar surface area (TPSA) is 6.48 Å². The standard InChI is InChI=1S/C81H66N2/c1-79(2,66-36-29-57-23-13-15-26-62(57)51-66)64-38-46-69(47-39-64)82(68-42-31-59(32-43-68)55-19-9-7-10-20-55)72-53-75-78(77-73-28-18-17-25-61(73)35-50-74(77)81(75,5)6)76(54-72)83(70-44-33-60(34-45-70)56-21-11-8-12-22-56)71-48-40-65(41-49-71)80(3,4)67-37-30-58-24-14-16-27-63(58)52-67/h7-54H,1-6H3. The molecule has 0 aliphatic heterocycles. The molecule has 13 aromatic rings. The van der Waals surface area contributed by atoms with Crippen molar-refractivity contribution in [1.29, 1.82) is 0 Å². The Morgan fingerprint density at radius 3 is 1.12 bits per heavy atom. The molecule has 0 saturated heterocycles. The summed E-state index contributed by atoms with van der Waals surface area (Å²) in [5.41, 5.74) is 20.7. The van der Waals surface area contributed by atoms with Crippen LogP contribution in [0.4, 0.5) is 34.1 Å². The van der Waals surface area contributed by atoms with Gasteiger partial charge in [0.05, 0.1) is 5.69 Å². The van der Waals surface area contributed by atoms with Crippen LogP contribution in [0.2, 0.25) is 0 Å². The van der Waals surface area contributed by atoms with E-state index < -0.39 is 0 Å². The summed E-state index contributed by atoms with van der Waals surface area (Å²) in [5.74, 6) is 0. The van der Waals surface area contributed by atoms with Crippen molar-refractivity contribution in [1.82, 2.24) is 0 Å². The molecule has 0 heterocycles. The van der Waals surface area contributed by atoms with Crippen LogP contribution in [0.1, 0.15) is 74.9 Å². The van der Waals surface area contributed by atoms with E-state index in [-0.39, 0.29) is 16.2 Å². The Bertz CT molecular complexity index is 4530. The van der Waals surface area contributed by atoms with Gasteiger partial charge in [0.15, 0.2) is 0 Å². The molecule has 83 heavy (non-hydrogen) atoms. The summed E-state index contributed by atoms with van der Waals surface area (Å²) >= 11 is 0. The zero-order valence-corrected chi connectivity index (χ0v) is 48.1. The zero-order valence-electron chi connectivity index (χ0n) is 48.1. The van der Waals surface area contributed by atoms with Crippen LogP contribution in [-0.2, 0) is 16.2 Å². The second kappa shape index (κ2) is 20.3. The van der Waals surface area contributed by atoms with Gasteiger partial charge < -0.3 is 9.80 Å². The summed E-state index contributed by atoms with van der Waals surface area (Å²) in [6.45, 7) is 14.2. The number of rotatable bonds is 12. The van der Waals surface area contributed by atoms with E-state index in [4.69, 9.17) is 0 Å². The minimum Gasteiger partial charge on any atom is -0.310 e. The van der Waals surface area contributed by atoms with Gasteiger partial charge in [0.25, 0.3) is 0 Å². The van der Waals surface area contributed by atoms with Crippen molar-refractivity contribution in [2.75, 3.05) is 9.80 Å². The minimum atomic E-state index is -0.355. The van der Waals surface area contributed by atoms with Crippen LogP contribution in [0.15, 0.2) is 291 Å². The third kappa shape index (κ3) is 9.07. The highest BCUT2D eigenvalue weighted by atomic mass is 15.2. The van der Waals surface area contributed by atoms with Crippen LogP contribution < -0.4 is 9.80 Å². The molecule has 400 valence electrons. The van der Waals surface area contributed by atoms with Crippen molar-refractivity contribution < 1.29 is 0 Å². The summed E-state index contributed by atoms with van der Waals surface area (Å²) in [5, 5.41) is 7.51. The maximum atomic E-state index is 2.53. The predicted octanol–water partition coefficient (Wildman–Crippen LogP) is 22.4. The molecule has 0 spiro atoms. The molecule has 1 aliphatic carbocycles. The number of benzene rings is 13. The predicted molar refractivity (Wildman–Crippen MR) is 354 cm³/mol. The minimum absolute atomic E-state index is 0.249. The van der Waals surface area contributed by atoms with Gasteiger partial charge in [-0.1, -0.05) is 272 Å². The van der Waals surface area contributed by atoms with Gasteiger partial charge in [-0.15, -0.1) is 0 Å². The molecule has 0 saturated carbocycles. The van der Waals surface area contributed by atoms with Gasteiger partial charge >= 0.3 is 0 Å². The number of hydrogen-bond donors (Lipinski definition) is 0. The molecule has 2 nitrogen and oxygen atoms in total. The Kier molecular flexibility index (Phi) is 12.6. The quantitative estimate of drug-likeness (QED) is 0.120. The Labute approximate surface area is 489 Å². The SMILES string of the molecule is CC(C)(c1ccc(N(c2ccc(-c3ccccc3)cc2)c2cc(N(c3ccc(-c4ccccc4)cc3)c3ccc(C(C)(C)c4ccc5ccccc5c4)cc3)c3c(c2)C(C)(C)c2ccc4ccccc4c2-3)cc1)c1ccc2ccccc2c1. The molecule has 14 rings (SSSR count). The van der Waals surface area contributed by atoms with Crippen molar-refractivity contribution in [2.45, 2.75) is 57.8 Å². The first-order chi connectivity index (χ1) is 40.4. The van der Waals surface area contributed by atoms with Gasteiger partial charge in [-0.2, -0.15) is 0 Å². The fourth-order valence-corrected chi connectivity index (χ4v) is 13.2. The van der Waals surface area contributed by atoms with Crippen LogP contribution in [0.3, 0.4) is 0 Å². The monoisotopic (exact) mass is 1070 g/mol. The lowest BCUT2D eigenvalue weighted by Gasteiger charge is -2.34. The normalized spacial score (nSPS) is 12.8. The largest absolute Gasteiger partial charge is 0.310 e. The lowest BCUT2D eigenvalue weighted by Crippen LogP contribution is -2.20. The average molecular weight is 1070 g/mol. The average Bonchev–Trinajstić information content (AvgIpc) is 1.90. The third-order valence-electron chi connectivity index (χ3n) is 18.2.